The Labute approximate surface area is 207 Å². The Hall–Kier alpha value is -2.42. The van der Waals surface area contributed by atoms with Crippen LogP contribution in [0.3, 0.4) is 0 Å². The Kier molecular flexibility index (Phi) is 5.47. The van der Waals surface area contributed by atoms with E-state index in [1.54, 1.807) is 6.07 Å². The highest BCUT2D eigenvalue weighted by Crippen LogP contribution is 2.62. The maximum atomic E-state index is 13.8. The van der Waals surface area contributed by atoms with Crippen molar-refractivity contribution >= 4 is 27.3 Å². The first kappa shape index (κ1) is 23.0. The molecule has 2 aliphatic carbocycles. The van der Waals surface area contributed by atoms with Gasteiger partial charge in [0.1, 0.15) is 0 Å². The normalized spacial score (nSPS) is 22.5. The number of hydrogen-bond donors (Lipinski definition) is 1. The predicted molar refractivity (Wildman–Crippen MR) is 136 cm³/mol. The maximum Gasteiger partial charge on any atom is 0.258 e. The summed E-state index contributed by atoms with van der Waals surface area (Å²) in [7, 11) is -3.38. The van der Waals surface area contributed by atoms with Gasteiger partial charge in [0, 0.05) is 42.0 Å². The van der Waals surface area contributed by atoms with E-state index in [0.29, 0.717) is 29.8 Å². The topological polar surface area (TPSA) is 79.0 Å². The number of nitrogens with zero attached hydrogens (tertiary/aromatic N) is 2. The van der Waals surface area contributed by atoms with E-state index < -0.39 is 10.0 Å². The molecule has 2 aliphatic heterocycles. The first-order valence-corrected chi connectivity index (χ1v) is 14.5. The fourth-order valence-electron chi connectivity index (χ4n) is 6.28. The number of nitrogens with one attached hydrogen (secondary N) is 1. The smallest absolute Gasteiger partial charge is 0.258 e. The van der Waals surface area contributed by atoms with Crippen LogP contribution in [-0.4, -0.2) is 45.3 Å². The second kappa shape index (κ2) is 8.32. The van der Waals surface area contributed by atoms with E-state index in [1.165, 1.54) is 31.9 Å². The van der Waals surface area contributed by atoms with Crippen molar-refractivity contribution < 1.29 is 18.0 Å². The van der Waals surface area contributed by atoms with E-state index in [2.05, 4.69) is 4.72 Å². The third-order valence-electron chi connectivity index (χ3n) is 8.45. The number of benzene rings is 2. The highest BCUT2D eigenvalue weighted by molar-refractivity contribution is 7.92. The molecular formula is C27H33N3O4S. The van der Waals surface area contributed by atoms with Gasteiger partial charge in [0.15, 0.2) is 0 Å². The molecule has 186 valence electrons. The molecule has 4 aliphatic rings. The summed E-state index contributed by atoms with van der Waals surface area (Å²) in [5.74, 6) is 0.00264. The van der Waals surface area contributed by atoms with Crippen molar-refractivity contribution in [1.82, 2.24) is 5.06 Å². The standard InChI is InChI=1S/C27H33N3O4S/c1-35(32,33)28-22-6-7-24-23(17-22)27(12-10-26(8-9-26)11-13-27)19-30(24)25(31)21-5-2-4-20(16-21)18-29-14-3-15-34-29/h2,4-7,16-17,28H,3,8-15,18-19H2,1H3. The van der Waals surface area contributed by atoms with Gasteiger partial charge >= 0.3 is 0 Å². The van der Waals surface area contributed by atoms with E-state index in [1.807, 2.05) is 46.4 Å². The number of hydrogen-bond acceptors (Lipinski definition) is 5. The number of rotatable bonds is 5. The summed E-state index contributed by atoms with van der Waals surface area (Å²) < 4.78 is 26.4. The zero-order chi connectivity index (χ0) is 24.3. The molecule has 0 bridgehead atoms. The molecule has 2 aromatic rings. The van der Waals surface area contributed by atoms with Crippen LogP contribution >= 0.6 is 0 Å². The summed E-state index contributed by atoms with van der Waals surface area (Å²) >= 11 is 0. The Morgan fingerprint density at radius 2 is 1.83 bits per heavy atom. The SMILES string of the molecule is CS(=O)(=O)Nc1ccc2c(c1)C1(CCC3(CC3)CC1)CN2C(=O)c1cccc(CN2CCCO2)c1. The van der Waals surface area contributed by atoms with Crippen molar-refractivity contribution in [3.05, 3.63) is 59.2 Å². The second-order valence-electron chi connectivity index (χ2n) is 11.0. The molecule has 35 heavy (non-hydrogen) atoms. The molecule has 0 atom stereocenters. The molecule has 0 unspecified atom stereocenters. The van der Waals surface area contributed by atoms with Crippen LogP contribution in [0.15, 0.2) is 42.5 Å². The van der Waals surface area contributed by atoms with Crippen LogP contribution in [0.4, 0.5) is 11.4 Å². The van der Waals surface area contributed by atoms with Crippen molar-refractivity contribution in [2.75, 3.05) is 35.6 Å². The van der Waals surface area contributed by atoms with Crippen LogP contribution in [0.5, 0.6) is 0 Å². The lowest BCUT2D eigenvalue weighted by Crippen LogP contribution is -2.40. The lowest BCUT2D eigenvalue weighted by Gasteiger charge is -2.38. The molecule has 0 aromatic heterocycles. The fourth-order valence-corrected chi connectivity index (χ4v) is 6.83. The van der Waals surface area contributed by atoms with Gasteiger partial charge in [-0.05, 0) is 91.8 Å². The first-order valence-electron chi connectivity index (χ1n) is 12.7. The third-order valence-corrected chi connectivity index (χ3v) is 9.06. The van der Waals surface area contributed by atoms with E-state index in [0.717, 1.165) is 49.2 Å². The van der Waals surface area contributed by atoms with E-state index >= 15 is 0 Å². The van der Waals surface area contributed by atoms with Gasteiger partial charge in [0.05, 0.1) is 12.9 Å². The minimum absolute atomic E-state index is 0.00264. The van der Waals surface area contributed by atoms with Crippen LogP contribution < -0.4 is 9.62 Å². The van der Waals surface area contributed by atoms with Gasteiger partial charge < -0.3 is 4.90 Å². The molecule has 3 fully saturated rings. The molecule has 6 rings (SSSR count). The number of amides is 1. The molecule has 2 spiro atoms. The average molecular weight is 496 g/mol. The van der Waals surface area contributed by atoms with Gasteiger partial charge in [-0.15, -0.1) is 0 Å². The largest absolute Gasteiger partial charge is 0.307 e. The van der Waals surface area contributed by atoms with Gasteiger partial charge in [0.2, 0.25) is 10.0 Å². The van der Waals surface area contributed by atoms with Gasteiger partial charge in [-0.1, -0.05) is 12.1 Å². The highest BCUT2D eigenvalue weighted by Gasteiger charge is 2.53. The lowest BCUT2D eigenvalue weighted by atomic mass is 9.66. The van der Waals surface area contributed by atoms with Crippen molar-refractivity contribution in [3.8, 4) is 0 Å². The average Bonchev–Trinajstić information content (AvgIpc) is 3.25. The molecule has 0 radical (unpaired) electrons. The predicted octanol–water partition coefficient (Wildman–Crippen LogP) is 4.45. The van der Waals surface area contributed by atoms with Crippen LogP contribution in [0.1, 0.15) is 66.4 Å². The summed E-state index contributed by atoms with van der Waals surface area (Å²) in [5, 5.41) is 1.95. The third kappa shape index (κ3) is 4.47. The Balaban J connectivity index is 1.31. The van der Waals surface area contributed by atoms with Gasteiger partial charge in [-0.3, -0.25) is 14.4 Å². The Morgan fingerprint density at radius 1 is 1.06 bits per heavy atom. The fraction of sp³-hybridized carbons (Fsp3) is 0.519. The van der Waals surface area contributed by atoms with Crippen molar-refractivity contribution in [1.29, 1.82) is 0 Å². The van der Waals surface area contributed by atoms with Crippen LogP contribution in [0.25, 0.3) is 0 Å². The summed E-state index contributed by atoms with van der Waals surface area (Å²) in [6.45, 7) is 2.98. The van der Waals surface area contributed by atoms with Gasteiger partial charge in [0.25, 0.3) is 5.91 Å². The number of sulfonamides is 1. The van der Waals surface area contributed by atoms with Crippen molar-refractivity contribution in [2.45, 2.75) is 56.9 Å². The maximum absolute atomic E-state index is 13.8. The van der Waals surface area contributed by atoms with Crippen molar-refractivity contribution in [3.63, 3.8) is 0 Å². The molecule has 1 saturated heterocycles. The molecule has 8 heteroatoms. The highest BCUT2D eigenvalue weighted by atomic mass is 32.2. The molecule has 2 saturated carbocycles. The summed E-state index contributed by atoms with van der Waals surface area (Å²) in [5.41, 5.74) is 4.74. The monoisotopic (exact) mass is 495 g/mol. The molecular weight excluding hydrogens is 462 g/mol. The zero-order valence-electron chi connectivity index (χ0n) is 20.3. The first-order chi connectivity index (χ1) is 16.7. The molecule has 2 heterocycles. The van der Waals surface area contributed by atoms with E-state index in [-0.39, 0.29) is 11.3 Å². The van der Waals surface area contributed by atoms with Crippen LogP contribution in [-0.2, 0) is 26.8 Å². The van der Waals surface area contributed by atoms with E-state index in [4.69, 9.17) is 4.84 Å². The van der Waals surface area contributed by atoms with Crippen molar-refractivity contribution in [2.24, 2.45) is 5.41 Å². The summed E-state index contributed by atoms with van der Waals surface area (Å²) in [6, 6.07) is 13.5. The quantitative estimate of drug-likeness (QED) is 0.663. The number of hydroxylamine groups is 2. The summed E-state index contributed by atoms with van der Waals surface area (Å²) in [6.07, 6.45) is 9.29. The Morgan fingerprint density at radius 3 is 2.51 bits per heavy atom. The number of anilines is 2. The van der Waals surface area contributed by atoms with E-state index in [9.17, 15) is 13.2 Å². The molecule has 7 nitrogen and oxygen atoms in total. The summed E-state index contributed by atoms with van der Waals surface area (Å²) in [4.78, 5) is 21.4. The second-order valence-corrected chi connectivity index (χ2v) is 12.8. The minimum Gasteiger partial charge on any atom is -0.307 e. The van der Waals surface area contributed by atoms with Gasteiger partial charge in [-0.25, -0.2) is 8.42 Å². The molecule has 1 N–H and O–H groups in total. The molecule has 1 amide bonds. The zero-order valence-corrected chi connectivity index (χ0v) is 21.1. The minimum atomic E-state index is -3.38. The van der Waals surface area contributed by atoms with Crippen LogP contribution in [0, 0.1) is 5.41 Å². The van der Waals surface area contributed by atoms with Crippen LogP contribution in [0.2, 0.25) is 0 Å². The Bertz CT molecular complexity index is 1250. The lowest BCUT2D eigenvalue weighted by molar-refractivity contribution is -0.117. The number of carbonyl (C=O) groups excluding carboxylic acids is 1. The number of fused-ring (bicyclic) bond motifs is 2. The van der Waals surface area contributed by atoms with Gasteiger partial charge in [-0.2, -0.15) is 5.06 Å². The number of carbonyl (C=O) groups is 1. The molecule has 2 aromatic carbocycles.